The number of hydrogen-bond acceptors (Lipinski definition) is 4. The molecule has 1 fully saturated rings. The van der Waals surface area contributed by atoms with Crippen LogP contribution in [0.1, 0.15) is 36.7 Å². The molecule has 124 valence electrons. The summed E-state index contributed by atoms with van der Waals surface area (Å²) in [4.78, 5) is 24.4. The summed E-state index contributed by atoms with van der Waals surface area (Å²) >= 11 is 0. The van der Waals surface area contributed by atoms with Gasteiger partial charge in [-0.2, -0.15) is 0 Å². The number of likely N-dealkylation sites (N-methyl/N-ethyl adjacent to an activating group) is 1. The third-order valence-electron chi connectivity index (χ3n) is 4.47. The van der Waals surface area contributed by atoms with Crippen molar-refractivity contribution >= 4 is 5.91 Å². The number of imidazole rings is 1. The van der Waals surface area contributed by atoms with E-state index >= 15 is 0 Å². The van der Waals surface area contributed by atoms with Crippen molar-refractivity contribution in [2.24, 2.45) is 0 Å². The van der Waals surface area contributed by atoms with Gasteiger partial charge in [-0.3, -0.25) is 9.69 Å². The van der Waals surface area contributed by atoms with Crippen molar-refractivity contribution in [1.29, 1.82) is 0 Å². The molecule has 0 unspecified atom stereocenters. The molecule has 0 saturated carbocycles. The lowest BCUT2D eigenvalue weighted by Gasteiger charge is -2.40. The second kappa shape index (κ2) is 7.00. The molecule has 1 aliphatic heterocycles. The van der Waals surface area contributed by atoms with Gasteiger partial charge in [-0.15, -0.1) is 0 Å². The van der Waals surface area contributed by atoms with Crippen molar-refractivity contribution in [1.82, 2.24) is 19.8 Å². The van der Waals surface area contributed by atoms with Gasteiger partial charge in [0, 0.05) is 44.9 Å². The Labute approximate surface area is 136 Å². The maximum atomic E-state index is 12.5. The predicted molar refractivity (Wildman–Crippen MR) is 86.9 cm³/mol. The summed E-state index contributed by atoms with van der Waals surface area (Å²) in [6, 6.07) is 4.04. The zero-order valence-electron chi connectivity index (χ0n) is 13.8. The molecule has 6 nitrogen and oxygen atoms in total. The van der Waals surface area contributed by atoms with Crippen LogP contribution >= 0.6 is 0 Å². The average molecular weight is 316 g/mol. The van der Waals surface area contributed by atoms with Crippen molar-refractivity contribution in [3.05, 3.63) is 41.9 Å². The van der Waals surface area contributed by atoms with Crippen LogP contribution in [0.25, 0.3) is 0 Å². The van der Waals surface area contributed by atoms with Crippen LogP contribution in [0.3, 0.4) is 0 Å². The van der Waals surface area contributed by atoms with E-state index in [1.165, 1.54) is 0 Å². The largest absolute Gasteiger partial charge is 0.466 e. The topological polar surface area (TPSA) is 65.4 Å². The van der Waals surface area contributed by atoms with Crippen molar-refractivity contribution in [2.75, 3.05) is 26.2 Å². The first-order valence-corrected chi connectivity index (χ1v) is 8.23. The molecular weight excluding hydrogens is 292 g/mol. The minimum absolute atomic E-state index is 0.151. The molecule has 1 amide bonds. The molecule has 6 heteroatoms. The lowest BCUT2D eigenvalue weighted by molar-refractivity contribution is -0.134. The fourth-order valence-corrected chi connectivity index (χ4v) is 3.15. The normalized spacial score (nSPS) is 19.2. The minimum atomic E-state index is 0.151. The second-order valence-electron chi connectivity index (χ2n) is 5.97. The fourth-order valence-electron chi connectivity index (χ4n) is 3.15. The molecule has 3 rings (SSSR count). The number of carbonyl (C=O) groups is 1. The Kier molecular flexibility index (Phi) is 4.81. The number of aromatic nitrogens is 2. The first-order valence-electron chi connectivity index (χ1n) is 8.23. The molecule has 1 N–H and O–H groups in total. The Bertz CT molecular complexity index is 635. The highest BCUT2D eigenvalue weighted by Gasteiger charge is 2.30. The third kappa shape index (κ3) is 3.64. The van der Waals surface area contributed by atoms with Crippen molar-refractivity contribution in [3.8, 4) is 0 Å². The zero-order valence-corrected chi connectivity index (χ0v) is 13.8. The van der Waals surface area contributed by atoms with Crippen LogP contribution < -0.4 is 0 Å². The molecule has 23 heavy (non-hydrogen) atoms. The van der Waals surface area contributed by atoms with Crippen molar-refractivity contribution in [2.45, 2.75) is 32.7 Å². The standard InChI is InChI=1S/C17H24N4O2/c1-3-20-10-11-21(12-15(20)17-18-8-9-19-17)16(22)7-6-14-5-4-13(2)23-14/h4-5,8-9,15H,3,6-7,10-12H2,1-2H3,(H,18,19)/t15-/m0/s1. The number of amides is 1. The van der Waals surface area contributed by atoms with Gasteiger partial charge in [0.15, 0.2) is 0 Å². The van der Waals surface area contributed by atoms with Gasteiger partial charge in [0.25, 0.3) is 0 Å². The summed E-state index contributed by atoms with van der Waals surface area (Å²) in [5.74, 6) is 2.89. The Hall–Kier alpha value is -2.08. The van der Waals surface area contributed by atoms with Crippen molar-refractivity contribution in [3.63, 3.8) is 0 Å². The van der Waals surface area contributed by atoms with Gasteiger partial charge < -0.3 is 14.3 Å². The van der Waals surface area contributed by atoms with Crippen LogP contribution in [-0.4, -0.2) is 51.9 Å². The Morgan fingerprint density at radius 1 is 1.43 bits per heavy atom. The molecule has 2 aromatic rings. The van der Waals surface area contributed by atoms with Crippen LogP contribution in [0.2, 0.25) is 0 Å². The number of rotatable bonds is 5. The number of aromatic amines is 1. The maximum Gasteiger partial charge on any atom is 0.223 e. The number of hydrogen-bond donors (Lipinski definition) is 1. The zero-order chi connectivity index (χ0) is 16.2. The van der Waals surface area contributed by atoms with Gasteiger partial charge in [-0.1, -0.05) is 6.92 Å². The predicted octanol–water partition coefficient (Wildman–Crippen LogP) is 2.15. The third-order valence-corrected chi connectivity index (χ3v) is 4.47. The lowest BCUT2D eigenvalue weighted by Crippen LogP contribution is -2.50. The molecule has 1 saturated heterocycles. The highest BCUT2D eigenvalue weighted by molar-refractivity contribution is 5.76. The molecule has 0 radical (unpaired) electrons. The molecule has 1 aliphatic rings. The first-order chi connectivity index (χ1) is 11.2. The molecule has 0 spiro atoms. The van der Waals surface area contributed by atoms with Crippen LogP contribution in [0.15, 0.2) is 28.9 Å². The molecule has 1 atom stereocenters. The molecular formula is C17H24N4O2. The Balaban J connectivity index is 1.60. The number of piperazine rings is 1. The van der Waals surface area contributed by atoms with Gasteiger partial charge in [0.05, 0.1) is 6.04 Å². The Morgan fingerprint density at radius 2 is 2.30 bits per heavy atom. The van der Waals surface area contributed by atoms with Crippen LogP contribution in [-0.2, 0) is 11.2 Å². The molecule has 0 aromatic carbocycles. The number of furan rings is 1. The average Bonchev–Trinajstić information content (AvgIpc) is 3.23. The number of nitrogens with zero attached hydrogens (tertiary/aromatic N) is 3. The van der Waals surface area contributed by atoms with Crippen molar-refractivity contribution < 1.29 is 9.21 Å². The van der Waals surface area contributed by atoms with E-state index in [4.69, 9.17) is 4.42 Å². The number of H-pyrrole nitrogens is 1. The monoisotopic (exact) mass is 316 g/mol. The number of aryl methyl sites for hydroxylation is 2. The lowest BCUT2D eigenvalue weighted by atomic mass is 10.1. The summed E-state index contributed by atoms with van der Waals surface area (Å²) < 4.78 is 5.54. The summed E-state index contributed by atoms with van der Waals surface area (Å²) in [7, 11) is 0. The molecule has 0 aliphatic carbocycles. The van der Waals surface area contributed by atoms with E-state index in [-0.39, 0.29) is 11.9 Å². The summed E-state index contributed by atoms with van der Waals surface area (Å²) in [5, 5.41) is 0. The Morgan fingerprint density at radius 3 is 2.96 bits per heavy atom. The molecule has 2 aromatic heterocycles. The summed E-state index contributed by atoms with van der Waals surface area (Å²) in [6.07, 6.45) is 4.75. The number of nitrogens with one attached hydrogen (secondary N) is 1. The SMILES string of the molecule is CCN1CCN(C(=O)CCc2ccc(C)o2)C[C@H]1c1ncc[nH]1. The van der Waals surface area contributed by atoms with Gasteiger partial charge in [-0.05, 0) is 25.6 Å². The summed E-state index contributed by atoms with van der Waals surface area (Å²) in [5.41, 5.74) is 0. The van der Waals surface area contributed by atoms with Gasteiger partial charge >= 0.3 is 0 Å². The molecule has 3 heterocycles. The highest BCUT2D eigenvalue weighted by atomic mass is 16.3. The van der Waals surface area contributed by atoms with E-state index < -0.39 is 0 Å². The quantitative estimate of drug-likeness (QED) is 0.918. The summed E-state index contributed by atoms with van der Waals surface area (Å²) in [6.45, 7) is 7.38. The van der Waals surface area contributed by atoms with Crippen LogP contribution in [0, 0.1) is 6.92 Å². The van der Waals surface area contributed by atoms with Crippen LogP contribution in [0.5, 0.6) is 0 Å². The highest BCUT2D eigenvalue weighted by Crippen LogP contribution is 2.23. The van der Waals surface area contributed by atoms with E-state index in [9.17, 15) is 4.79 Å². The molecule has 0 bridgehead atoms. The second-order valence-corrected chi connectivity index (χ2v) is 5.97. The maximum absolute atomic E-state index is 12.5. The van der Waals surface area contributed by atoms with E-state index in [0.717, 1.165) is 37.0 Å². The van der Waals surface area contributed by atoms with E-state index in [1.807, 2.05) is 30.2 Å². The van der Waals surface area contributed by atoms with E-state index in [0.29, 0.717) is 19.4 Å². The van der Waals surface area contributed by atoms with Crippen LogP contribution in [0.4, 0.5) is 0 Å². The van der Waals surface area contributed by atoms with E-state index in [1.54, 1.807) is 6.20 Å². The first kappa shape index (κ1) is 15.8. The fraction of sp³-hybridized carbons (Fsp3) is 0.529. The smallest absolute Gasteiger partial charge is 0.223 e. The minimum Gasteiger partial charge on any atom is -0.466 e. The van der Waals surface area contributed by atoms with Gasteiger partial charge in [-0.25, -0.2) is 4.98 Å². The van der Waals surface area contributed by atoms with E-state index in [2.05, 4.69) is 21.8 Å². The number of carbonyl (C=O) groups excluding carboxylic acids is 1. The van der Waals surface area contributed by atoms with Gasteiger partial charge in [0.1, 0.15) is 17.3 Å². The van der Waals surface area contributed by atoms with Gasteiger partial charge in [0.2, 0.25) is 5.91 Å².